The van der Waals surface area contributed by atoms with Crippen LogP contribution in [0.4, 0.5) is 0 Å². The molecule has 0 fully saturated rings. The van der Waals surface area contributed by atoms with Gasteiger partial charge in [-0.3, -0.25) is 4.99 Å². The number of fused-ring (bicyclic) bond motifs is 1. The van der Waals surface area contributed by atoms with Crippen LogP contribution in [-0.2, 0) is 19.4 Å². The topological polar surface area (TPSA) is 67.5 Å². The number of nitrogens with zero attached hydrogens (tertiary/aromatic N) is 3. The highest BCUT2D eigenvalue weighted by Crippen LogP contribution is 2.27. The lowest BCUT2D eigenvalue weighted by atomic mass is 9.97. The molecule has 1 heterocycles. The monoisotopic (exact) mass is 483 g/mol. The quantitative estimate of drug-likeness (QED) is 0.276. The molecule has 0 amide bonds. The Balaban J connectivity index is 1.62. The molecule has 5 heteroatoms. The van der Waals surface area contributed by atoms with Crippen molar-refractivity contribution in [1.29, 1.82) is 0 Å². The van der Waals surface area contributed by atoms with Gasteiger partial charge < -0.3 is 9.67 Å². The van der Waals surface area contributed by atoms with Crippen molar-refractivity contribution in [3.63, 3.8) is 0 Å². The van der Waals surface area contributed by atoms with Gasteiger partial charge in [0, 0.05) is 31.6 Å². The van der Waals surface area contributed by atoms with E-state index in [1.165, 1.54) is 25.0 Å². The van der Waals surface area contributed by atoms with Gasteiger partial charge in [-0.1, -0.05) is 82.0 Å². The molecule has 4 rings (SSSR count). The molecule has 1 aliphatic rings. The highest BCUT2D eigenvalue weighted by atomic mass is 16.4. The first kappa shape index (κ1) is 25.6. The van der Waals surface area contributed by atoms with Gasteiger partial charge in [0.1, 0.15) is 5.82 Å². The Bertz CT molecular complexity index is 1240. The average molecular weight is 484 g/mol. The molecule has 1 aromatic heterocycles. The molecule has 0 spiro atoms. The summed E-state index contributed by atoms with van der Waals surface area (Å²) in [6.45, 7) is 5.89. The highest BCUT2D eigenvalue weighted by Gasteiger charge is 2.21. The predicted molar refractivity (Wildman–Crippen MR) is 148 cm³/mol. The summed E-state index contributed by atoms with van der Waals surface area (Å²) in [7, 11) is 0. The molecular weight excluding hydrogens is 446 g/mol. The number of carboxylic acid groups (broad SMARTS) is 1. The van der Waals surface area contributed by atoms with Gasteiger partial charge in [0.25, 0.3) is 0 Å². The van der Waals surface area contributed by atoms with E-state index in [1.54, 1.807) is 0 Å². The summed E-state index contributed by atoms with van der Waals surface area (Å²) in [6, 6.07) is 15.5. The van der Waals surface area contributed by atoms with Gasteiger partial charge in [0.15, 0.2) is 0 Å². The van der Waals surface area contributed by atoms with Crippen LogP contribution in [0.15, 0.2) is 59.6 Å². The van der Waals surface area contributed by atoms with Crippen molar-refractivity contribution in [2.45, 2.75) is 71.8 Å². The van der Waals surface area contributed by atoms with Crippen molar-refractivity contribution < 1.29 is 9.90 Å². The molecule has 0 bridgehead atoms. The molecule has 0 saturated carbocycles. The number of aliphatic imine (C=N–C) groups is 1. The van der Waals surface area contributed by atoms with Gasteiger partial charge in [0.05, 0.1) is 17.0 Å². The Labute approximate surface area is 214 Å². The Morgan fingerprint density at radius 2 is 1.81 bits per heavy atom. The fourth-order valence-electron chi connectivity index (χ4n) is 4.78. The molecule has 0 radical (unpaired) electrons. The first-order chi connectivity index (χ1) is 17.6. The molecule has 1 aliphatic carbocycles. The molecule has 0 saturated heterocycles. The van der Waals surface area contributed by atoms with E-state index in [2.05, 4.69) is 30.6 Å². The Kier molecular flexibility index (Phi) is 8.88. The van der Waals surface area contributed by atoms with E-state index >= 15 is 0 Å². The van der Waals surface area contributed by atoms with Gasteiger partial charge in [-0.25, -0.2) is 9.78 Å². The van der Waals surface area contributed by atoms with Crippen molar-refractivity contribution in [1.82, 2.24) is 9.55 Å². The molecular formula is C31H37N3O2. The SMILES string of the molecule is CCCCCCN=C1C=Cc2nc(CCCC)n(Cc3ccc(-c4ccccc4)c(C(=O)O)c3)c2C1. The van der Waals surface area contributed by atoms with E-state index in [0.29, 0.717) is 12.1 Å². The third-order valence-corrected chi connectivity index (χ3v) is 6.79. The lowest BCUT2D eigenvalue weighted by molar-refractivity contribution is 0.0697. The number of carbonyl (C=O) groups is 1. The number of aromatic nitrogens is 2. The number of carboxylic acids is 1. The fraction of sp³-hybridized carbons (Fsp3) is 0.387. The summed E-state index contributed by atoms with van der Waals surface area (Å²) in [5.74, 6) is 0.162. The summed E-state index contributed by atoms with van der Waals surface area (Å²) < 4.78 is 2.30. The summed E-state index contributed by atoms with van der Waals surface area (Å²) >= 11 is 0. The maximum Gasteiger partial charge on any atom is 0.336 e. The summed E-state index contributed by atoms with van der Waals surface area (Å²) in [5.41, 5.74) is 6.26. The van der Waals surface area contributed by atoms with Crippen LogP contribution in [-0.4, -0.2) is 32.9 Å². The maximum atomic E-state index is 12.2. The van der Waals surface area contributed by atoms with E-state index in [-0.39, 0.29) is 0 Å². The molecule has 0 atom stereocenters. The van der Waals surface area contributed by atoms with Crippen LogP contribution in [0.3, 0.4) is 0 Å². The van der Waals surface area contributed by atoms with Gasteiger partial charge in [0.2, 0.25) is 0 Å². The van der Waals surface area contributed by atoms with Crippen LogP contribution in [0.25, 0.3) is 17.2 Å². The maximum absolute atomic E-state index is 12.2. The van der Waals surface area contributed by atoms with Crippen molar-refractivity contribution in [3.8, 4) is 11.1 Å². The number of unbranched alkanes of at least 4 members (excludes halogenated alkanes) is 4. The summed E-state index contributed by atoms with van der Waals surface area (Å²) in [4.78, 5) is 22.0. The largest absolute Gasteiger partial charge is 0.478 e. The smallest absolute Gasteiger partial charge is 0.336 e. The number of hydrogen-bond donors (Lipinski definition) is 1. The standard InChI is InChI=1S/C31H37N3O2/c1-3-5-7-11-19-32-25-16-18-28-29(21-25)34(30(33-28)14-6-4-2)22-23-15-17-26(27(20-23)31(35)36)24-12-9-8-10-13-24/h8-10,12-13,15-18,20H,3-7,11,14,19,21-22H2,1-2H3,(H,35,36). The number of benzene rings is 2. The van der Waals surface area contributed by atoms with Crippen LogP contribution >= 0.6 is 0 Å². The molecule has 3 aromatic rings. The van der Waals surface area contributed by atoms with Crippen molar-refractivity contribution >= 4 is 17.8 Å². The Morgan fingerprint density at radius 1 is 1.00 bits per heavy atom. The third kappa shape index (κ3) is 6.20. The Morgan fingerprint density at radius 3 is 2.56 bits per heavy atom. The number of imidazole rings is 1. The lowest BCUT2D eigenvalue weighted by Crippen LogP contribution is -2.15. The zero-order valence-corrected chi connectivity index (χ0v) is 21.5. The summed E-state index contributed by atoms with van der Waals surface area (Å²) in [5, 5.41) is 9.97. The molecule has 36 heavy (non-hydrogen) atoms. The van der Waals surface area contributed by atoms with E-state index in [9.17, 15) is 9.90 Å². The second kappa shape index (κ2) is 12.5. The number of aryl methyl sites for hydroxylation is 1. The second-order valence-electron chi connectivity index (χ2n) is 9.54. The molecule has 1 N–H and O–H groups in total. The minimum atomic E-state index is -0.907. The zero-order chi connectivity index (χ0) is 25.3. The Hall–Kier alpha value is -3.47. The van der Waals surface area contributed by atoms with Crippen LogP contribution in [0.1, 0.15) is 85.5 Å². The molecule has 0 unspecified atom stereocenters. The van der Waals surface area contributed by atoms with Gasteiger partial charge in [-0.05, 0) is 47.8 Å². The predicted octanol–water partition coefficient (Wildman–Crippen LogP) is 7.23. The fourth-order valence-corrected chi connectivity index (χ4v) is 4.78. The molecule has 5 nitrogen and oxygen atoms in total. The van der Waals surface area contributed by atoms with E-state index in [0.717, 1.165) is 72.6 Å². The van der Waals surface area contributed by atoms with Crippen LogP contribution in [0, 0.1) is 0 Å². The van der Waals surface area contributed by atoms with Crippen LogP contribution in [0.2, 0.25) is 0 Å². The van der Waals surface area contributed by atoms with Crippen molar-refractivity contribution in [3.05, 3.63) is 82.9 Å². The lowest BCUT2D eigenvalue weighted by Gasteiger charge is -2.16. The van der Waals surface area contributed by atoms with Crippen LogP contribution < -0.4 is 0 Å². The zero-order valence-electron chi connectivity index (χ0n) is 21.5. The van der Waals surface area contributed by atoms with Gasteiger partial charge >= 0.3 is 5.97 Å². The van der Waals surface area contributed by atoms with E-state index in [4.69, 9.17) is 9.98 Å². The highest BCUT2D eigenvalue weighted by molar-refractivity contribution is 6.02. The first-order valence-electron chi connectivity index (χ1n) is 13.3. The second-order valence-corrected chi connectivity index (χ2v) is 9.54. The average Bonchev–Trinajstić information content (AvgIpc) is 3.24. The minimum absolute atomic E-state index is 0.331. The van der Waals surface area contributed by atoms with E-state index < -0.39 is 5.97 Å². The van der Waals surface area contributed by atoms with Gasteiger partial charge in [-0.15, -0.1) is 0 Å². The normalized spacial score (nSPS) is 13.8. The number of aromatic carboxylic acids is 1. The molecule has 188 valence electrons. The van der Waals surface area contributed by atoms with E-state index in [1.807, 2.05) is 48.5 Å². The van der Waals surface area contributed by atoms with Crippen molar-refractivity contribution in [2.24, 2.45) is 4.99 Å². The first-order valence-corrected chi connectivity index (χ1v) is 13.3. The van der Waals surface area contributed by atoms with Crippen molar-refractivity contribution in [2.75, 3.05) is 6.54 Å². The molecule has 0 aliphatic heterocycles. The number of rotatable bonds is 12. The summed E-state index contributed by atoms with van der Waals surface area (Å²) in [6.07, 6.45) is 12.9. The van der Waals surface area contributed by atoms with Crippen LogP contribution in [0.5, 0.6) is 0 Å². The van der Waals surface area contributed by atoms with Gasteiger partial charge in [-0.2, -0.15) is 0 Å². The minimum Gasteiger partial charge on any atom is -0.478 e. The third-order valence-electron chi connectivity index (χ3n) is 6.79. The number of hydrogen-bond acceptors (Lipinski definition) is 3. The number of allylic oxidation sites excluding steroid dienone is 1. The molecule has 2 aromatic carbocycles.